The smallest absolute Gasteiger partial charge is 0.272 e. The molecule has 150 valence electrons. The van der Waals surface area contributed by atoms with E-state index in [0.717, 1.165) is 22.0 Å². The number of thioether (sulfide) groups is 1. The maximum absolute atomic E-state index is 12.5. The maximum Gasteiger partial charge on any atom is 0.272 e. The van der Waals surface area contributed by atoms with E-state index in [1.165, 1.54) is 11.8 Å². The Bertz CT molecular complexity index is 934. The van der Waals surface area contributed by atoms with E-state index in [4.69, 9.17) is 4.74 Å². The summed E-state index contributed by atoms with van der Waals surface area (Å²) < 4.78 is 6.01. The van der Waals surface area contributed by atoms with Crippen molar-refractivity contribution in [3.63, 3.8) is 0 Å². The van der Waals surface area contributed by atoms with Crippen molar-refractivity contribution in [3.8, 4) is 17.2 Å². The predicted octanol–water partition coefficient (Wildman–Crippen LogP) is 4.75. The highest BCUT2D eigenvalue weighted by molar-refractivity contribution is 7.99. The molecule has 0 aliphatic rings. The van der Waals surface area contributed by atoms with Gasteiger partial charge in [-0.1, -0.05) is 25.6 Å². The van der Waals surface area contributed by atoms with Gasteiger partial charge < -0.3 is 10.1 Å². The molecule has 0 bridgehead atoms. The van der Waals surface area contributed by atoms with Crippen LogP contribution in [0, 0.1) is 18.4 Å². The first-order valence-corrected chi connectivity index (χ1v) is 14.1. The Morgan fingerprint density at radius 1 is 1.25 bits per heavy atom. The van der Waals surface area contributed by atoms with E-state index in [9.17, 15) is 4.79 Å². The number of ether oxygens (including phenoxy) is 1. The van der Waals surface area contributed by atoms with Gasteiger partial charge in [-0.05, 0) is 57.7 Å². The van der Waals surface area contributed by atoms with Gasteiger partial charge in [-0.2, -0.15) is 0 Å². The van der Waals surface area contributed by atoms with Crippen LogP contribution in [0.3, 0.4) is 0 Å². The summed E-state index contributed by atoms with van der Waals surface area (Å²) in [6.07, 6.45) is 3.69. The highest BCUT2D eigenvalue weighted by atomic mass is 32.2. The third-order valence-electron chi connectivity index (χ3n) is 3.70. The summed E-state index contributed by atoms with van der Waals surface area (Å²) in [4.78, 5) is 17.1. The van der Waals surface area contributed by atoms with E-state index >= 15 is 0 Å². The highest BCUT2D eigenvalue weighted by Gasteiger charge is 2.24. The lowest BCUT2D eigenvalue weighted by molar-refractivity contribution is -0.125. The lowest BCUT2D eigenvalue weighted by Gasteiger charge is -2.24. The Hall–Kier alpha value is -1.97. The van der Waals surface area contributed by atoms with Gasteiger partial charge in [0.1, 0.15) is 13.8 Å². The van der Waals surface area contributed by atoms with E-state index < -0.39 is 13.5 Å². The second kappa shape index (κ2) is 8.58. The minimum absolute atomic E-state index is 0.134. The van der Waals surface area contributed by atoms with Gasteiger partial charge in [0, 0.05) is 22.7 Å². The van der Waals surface area contributed by atoms with Crippen molar-refractivity contribution in [2.75, 3.05) is 6.26 Å². The lowest BCUT2D eigenvalue weighted by Crippen LogP contribution is -2.46. The Morgan fingerprint density at radius 2 is 1.93 bits per heavy atom. The zero-order valence-corrected chi connectivity index (χ0v) is 19.9. The van der Waals surface area contributed by atoms with Gasteiger partial charge in [0.15, 0.2) is 0 Å². The van der Waals surface area contributed by atoms with Crippen LogP contribution in [0.2, 0.25) is 19.6 Å². The summed E-state index contributed by atoms with van der Waals surface area (Å²) in [5.74, 6) is 3.78. The summed E-state index contributed by atoms with van der Waals surface area (Å²) in [7, 11) is -1.45. The third-order valence-corrected chi connectivity index (χ3v) is 5.31. The van der Waals surface area contributed by atoms with Gasteiger partial charge in [-0.3, -0.25) is 9.78 Å². The summed E-state index contributed by atoms with van der Waals surface area (Å²) in [6.45, 7) is 14.5. The van der Waals surface area contributed by atoms with Gasteiger partial charge in [0.05, 0.1) is 5.52 Å². The monoisotopic (exact) mass is 414 g/mol. The molecule has 0 fully saturated rings. The largest absolute Gasteiger partial charge is 0.470 e. The van der Waals surface area contributed by atoms with Crippen LogP contribution in [-0.4, -0.2) is 36.2 Å². The van der Waals surface area contributed by atoms with Crippen LogP contribution in [0.15, 0.2) is 24.4 Å². The molecule has 1 heterocycles. The van der Waals surface area contributed by atoms with Crippen LogP contribution >= 0.6 is 11.8 Å². The first kappa shape index (κ1) is 22.3. The van der Waals surface area contributed by atoms with E-state index in [0.29, 0.717) is 5.75 Å². The number of carbonyl (C=O) groups excluding carboxylic acids is 1. The van der Waals surface area contributed by atoms with Crippen molar-refractivity contribution in [1.82, 2.24) is 10.3 Å². The number of aryl methyl sites for hydroxylation is 1. The molecule has 0 spiro atoms. The zero-order chi connectivity index (χ0) is 21.1. The molecule has 0 saturated carbocycles. The third kappa shape index (κ3) is 6.57. The number of nitrogens with one attached hydrogen (secondary N) is 1. The summed E-state index contributed by atoms with van der Waals surface area (Å²) in [6, 6.07) is 5.90. The Kier molecular flexibility index (Phi) is 6.84. The molecule has 0 radical (unpaired) electrons. The Labute approximate surface area is 173 Å². The van der Waals surface area contributed by atoms with E-state index in [-0.39, 0.29) is 11.4 Å². The van der Waals surface area contributed by atoms with Crippen molar-refractivity contribution in [1.29, 1.82) is 0 Å². The van der Waals surface area contributed by atoms with E-state index in [1.807, 2.05) is 58.3 Å². The average molecular weight is 415 g/mol. The Balaban J connectivity index is 2.34. The molecule has 0 aliphatic carbocycles. The van der Waals surface area contributed by atoms with Crippen molar-refractivity contribution in [3.05, 3.63) is 35.5 Å². The molecule has 1 amide bonds. The minimum Gasteiger partial charge on any atom is -0.470 e. The second-order valence-electron chi connectivity index (χ2n) is 8.96. The van der Waals surface area contributed by atoms with Crippen LogP contribution in [0.4, 0.5) is 0 Å². The molecule has 2 rings (SSSR count). The molecule has 1 aromatic heterocycles. The highest BCUT2D eigenvalue weighted by Crippen LogP contribution is 2.26. The van der Waals surface area contributed by atoms with Crippen LogP contribution < -0.4 is 10.1 Å². The maximum atomic E-state index is 12.5. The summed E-state index contributed by atoms with van der Waals surface area (Å²) in [5.41, 5.74) is 5.29. The average Bonchev–Trinajstić information content (AvgIpc) is 2.55. The molecule has 4 nitrogen and oxygen atoms in total. The molecule has 0 saturated heterocycles. The van der Waals surface area contributed by atoms with E-state index in [2.05, 4.69) is 41.4 Å². The number of rotatable bonds is 4. The first-order chi connectivity index (χ1) is 12.9. The number of hydrogen-bond acceptors (Lipinski definition) is 4. The van der Waals surface area contributed by atoms with Gasteiger partial charge in [0.25, 0.3) is 5.91 Å². The van der Waals surface area contributed by atoms with Crippen LogP contribution in [-0.2, 0) is 4.79 Å². The van der Waals surface area contributed by atoms with Gasteiger partial charge in [-0.15, -0.1) is 17.3 Å². The number of carbonyl (C=O) groups is 1. The van der Waals surface area contributed by atoms with Crippen molar-refractivity contribution in [2.24, 2.45) is 0 Å². The molecule has 1 atom stereocenters. The second-order valence-corrected chi connectivity index (χ2v) is 14.6. The van der Waals surface area contributed by atoms with Crippen LogP contribution in [0.1, 0.15) is 31.9 Å². The van der Waals surface area contributed by atoms with Gasteiger partial charge in [0.2, 0.25) is 5.44 Å². The fourth-order valence-electron chi connectivity index (χ4n) is 2.55. The molecular formula is C22H30N2O2SSi. The molecule has 1 unspecified atom stereocenters. The van der Waals surface area contributed by atoms with Crippen molar-refractivity contribution < 1.29 is 9.53 Å². The van der Waals surface area contributed by atoms with Crippen LogP contribution in [0.25, 0.3) is 10.9 Å². The lowest BCUT2D eigenvalue weighted by atomic mass is 10.1. The molecule has 2 aromatic rings. The normalized spacial score (nSPS) is 12.9. The Morgan fingerprint density at radius 3 is 2.50 bits per heavy atom. The topological polar surface area (TPSA) is 51.2 Å². The number of fused-ring (bicyclic) bond motifs is 1. The number of benzene rings is 1. The minimum atomic E-state index is -1.45. The zero-order valence-electron chi connectivity index (χ0n) is 18.1. The summed E-state index contributed by atoms with van der Waals surface area (Å²) >= 11 is 1.37. The number of pyridine rings is 1. The molecule has 1 aromatic carbocycles. The SMILES string of the molecule is CSC(Oc1cc(C)c2ncc(C#C[Si](C)(C)C)cc2c1)C(=O)NC(C)(C)C. The molecular weight excluding hydrogens is 384 g/mol. The van der Waals surface area contributed by atoms with Crippen molar-refractivity contribution >= 4 is 36.6 Å². The fourth-order valence-corrected chi connectivity index (χ4v) is 3.55. The first-order valence-electron chi connectivity index (χ1n) is 9.33. The number of nitrogens with zero attached hydrogens (tertiary/aromatic N) is 1. The molecule has 28 heavy (non-hydrogen) atoms. The summed E-state index contributed by atoms with van der Waals surface area (Å²) in [5, 5.41) is 3.94. The van der Waals surface area contributed by atoms with Crippen LogP contribution in [0.5, 0.6) is 5.75 Å². The van der Waals surface area contributed by atoms with Gasteiger partial charge in [-0.25, -0.2) is 0 Å². The fraction of sp³-hybridized carbons (Fsp3) is 0.455. The number of aromatic nitrogens is 1. The predicted molar refractivity (Wildman–Crippen MR) is 123 cm³/mol. The van der Waals surface area contributed by atoms with Crippen molar-refractivity contribution in [2.45, 2.75) is 58.3 Å². The standard InChI is InChI=1S/C22H30N2O2SSi/c1-15-11-18(26-21(27-5)20(25)24-22(2,3)4)13-17-12-16(14-23-19(15)17)9-10-28(6,7)8/h11-14,21H,1-8H3,(H,24,25). The molecule has 1 N–H and O–H groups in total. The molecule has 0 aliphatic heterocycles. The number of amides is 1. The molecule has 6 heteroatoms. The number of hydrogen-bond donors (Lipinski definition) is 1. The quantitative estimate of drug-likeness (QED) is 0.445. The van der Waals surface area contributed by atoms with E-state index in [1.54, 1.807) is 0 Å². The van der Waals surface area contributed by atoms with Gasteiger partial charge >= 0.3 is 0 Å².